The summed E-state index contributed by atoms with van der Waals surface area (Å²) in [4.78, 5) is 15.6. The average molecular weight is 235 g/mol. The molecule has 0 radical (unpaired) electrons. The lowest BCUT2D eigenvalue weighted by Crippen LogP contribution is -2.23. The van der Waals surface area contributed by atoms with Crippen LogP contribution in [0, 0.1) is 6.92 Å². The van der Waals surface area contributed by atoms with Crippen LogP contribution in [0.4, 0.5) is 4.79 Å². The SMILES string of the molecule is Cc1nc2c(n1CC1CNC(=O)O1)CCCC2. The normalized spacial score (nSPS) is 23.1. The maximum absolute atomic E-state index is 11.0. The van der Waals surface area contributed by atoms with Gasteiger partial charge in [-0.1, -0.05) is 0 Å². The summed E-state index contributed by atoms with van der Waals surface area (Å²) in [5.74, 6) is 1.04. The molecular weight excluding hydrogens is 218 g/mol. The molecule has 0 spiro atoms. The zero-order chi connectivity index (χ0) is 11.8. The smallest absolute Gasteiger partial charge is 0.407 e. The fraction of sp³-hybridized carbons (Fsp3) is 0.667. The van der Waals surface area contributed by atoms with E-state index < -0.39 is 0 Å². The van der Waals surface area contributed by atoms with Crippen LogP contribution in [0.15, 0.2) is 0 Å². The second-order valence-electron chi connectivity index (χ2n) is 4.78. The highest BCUT2D eigenvalue weighted by atomic mass is 16.6. The van der Waals surface area contributed by atoms with Crippen molar-refractivity contribution >= 4 is 6.09 Å². The molecule has 1 fully saturated rings. The second-order valence-corrected chi connectivity index (χ2v) is 4.78. The van der Waals surface area contributed by atoms with Crippen molar-refractivity contribution < 1.29 is 9.53 Å². The number of rotatable bonds is 2. The lowest BCUT2D eigenvalue weighted by molar-refractivity contribution is 0.130. The van der Waals surface area contributed by atoms with E-state index in [2.05, 4.69) is 14.9 Å². The van der Waals surface area contributed by atoms with E-state index >= 15 is 0 Å². The van der Waals surface area contributed by atoms with Gasteiger partial charge in [-0.05, 0) is 32.6 Å². The first-order valence-corrected chi connectivity index (χ1v) is 6.23. The predicted octanol–water partition coefficient (Wildman–Crippen LogP) is 1.18. The number of aryl methyl sites for hydroxylation is 2. The van der Waals surface area contributed by atoms with Crippen molar-refractivity contribution in [1.29, 1.82) is 0 Å². The number of nitrogens with zero attached hydrogens (tertiary/aromatic N) is 2. The Labute approximate surface area is 100 Å². The number of carbonyl (C=O) groups is 1. The van der Waals surface area contributed by atoms with Gasteiger partial charge < -0.3 is 14.6 Å². The third-order valence-electron chi connectivity index (χ3n) is 3.56. The van der Waals surface area contributed by atoms with Crippen molar-refractivity contribution in [3.8, 4) is 0 Å². The molecule has 0 saturated carbocycles. The van der Waals surface area contributed by atoms with E-state index in [0.717, 1.165) is 25.2 Å². The number of fused-ring (bicyclic) bond motifs is 1. The summed E-state index contributed by atoms with van der Waals surface area (Å²) in [6, 6.07) is 0. The van der Waals surface area contributed by atoms with Gasteiger partial charge in [0.25, 0.3) is 0 Å². The second kappa shape index (κ2) is 4.05. The van der Waals surface area contributed by atoms with Crippen molar-refractivity contribution in [2.24, 2.45) is 0 Å². The Morgan fingerprint density at radius 1 is 1.47 bits per heavy atom. The largest absolute Gasteiger partial charge is 0.442 e. The molecule has 5 heteroatoms. The molecule has 1 amide bonds. The molecule has 1 aliphatic carbocycles. The van der Waals surface area contributed by atoms with Crippen LogP contribution in [0.3, 0.4) is 0 Å². The maximum Gasteiger partial charge on any atom is 0.407 e. The van der Waals surface area contributed by atoms with Gasteiger partial charge >= 0.3 is 6.09 Å². The van der Waals surface area contributed by atoms with Crippen molar-refractivity contribution in [2.45, 2.75) is 45.3 Å². The summed E-state index contributed by atoms with van der Waals surface area (Å²) >= 11 is 0. The summed E-state index contributed by atoms with van der Waals surface area (Å²) in [7, 11) is 0. The molecule has 1 atom stereocenters. The lowest BCUT2D eigenvalue weighted by Gasteiger charge is -2.16. The van der Waals surface area contributed by atoms with E-state index in [1.807, 2.05) is 6.92 Å². The first-order chi connectivity index (χ1) is 8.24. The molecule has 1 unspecified atom stereocenters. The fourth-order valence-corrected chi connectivity index (χ4v) is 2.72. The zero-order valence-electron chi connectivity index (χ0n) is 10.0. The van der Waals surface area contributed by atoms with Gasteiger partial charge in [0.15, 0.2) is 0 Å². The molecule has 1 aromatic heterocycles. The van der Waals surface area contributed by atoms with Crippen LogP contribution >= 0.6 is 0 Å². The van der Waals surface area contributed by atoms with Gasteiger partial charge in [0, 0.05) is 5.69 Å². The van der Waals surface area contributed by atoms with Gasteiger partial charge in [0.05, 0.1) is 18.8 Å². The van der Waals surface area contributed by atoms with E-state index in [-0.39, 0.29) is 12.2 Å². The van der Waals surface area contributed by atoms with Gasteiger partial charge in [-0.15, -0.1) is 0 Å². The van der Waals surface area contributed by atoms with E-state index in [1.165, 1.54) is 24.2 Å². The average Bonchev–Trinajstić information content (AvgIpc) is 2.85. The maximum atomic E-state index is 11.0. The van der Waals surface area contributed by atoms with Gasteiger partial charge in [-0.2, -0.15) is 0 Å². The summed E-state index contributed by atoms with van der Waals surface area (Å²) in [6.45, 7) is 3.36. The summed E-state index contributed by atoms with van der Waals surface area (Å²) in [5, 5.41) is 2.69. The van der Waals surface area contributed by atoms with E-state index in [0.29, 0.717) is 6.54 Å². The lowest BCUT2D eigenvalue weighted by atomic mass is 10.0. The van der Waals surface area contributed by atoms with Crippen LogP contribution in [-0.2, 0) is 24.1 Å². The highest BCUT2D eigenvalue weighted by molar-refractivity contribution is 5.69. The number of cyclic esters (lactones) is 1. The molecule has 1 aromatic rings. The van der Waals surface area contributed by atoms with Crippen molar-refractivity contribution in [3.63, 3.8) is 0 Å². The van der Waals surface area contributed by atoms with Crippen molar-refractivity contribution in [1.82, 2.24) is 14.9 Å². The van der Waals surface area contributed by atoms with E-state index in [1.54, 1.807) is 0 Å². The Balaban J connectivity index is 1.82. The molecule has 0 aromatic carbocycles. The highest BCUT2D eigenvalue weighted by Gasteiger charge is 2.26. The Morgan fingerprint density at radius 3 is 3.06 bits per heavy atom. The third kappa shape index (κ3) is 1.90. The van der Waals surface area contributed by atoms with Crippen LogP contribution in [0.2, 0.25) is 0 Å². The van der Waals surface area contributed by atoms with Gasteiger partial charge in [0.1, 0.15) is 11.9 Å². The molecule has 2 aliphatic rings. The minimum Gasteiger partial charge on any atom is -0.442 e. The number of alkyl carbamates (subject to hydrolysis) is 1. The van der Waals surface area contributed by atoms with E-state index in [4.69, 9.17) is 4.74 Å². The first-order valence-electron chi connectivity index (χ1n) is 6.23. The third-order valence-corrected chi connectivity index (χ3v) is 3.56. The molecule has 17 heavy (non-hydrogen) atoms. The number of hydrogen-bond donors (Lipinski definition) is 1. The van der Waals surface area contributed by atoms with Crippen LogP contribution in [0.25, 0.3) is 0 Å². The van der Waals surface area contributed by atoms with Gasteiger partial charge in [0.2, 0.25) is 0 Å². The summed E-state index contributed by atoms with van der Waals surface area (Å²) in [6.07, 6.45) is 4.31. The molecule has 1 N–H and O–H groups in total. The monoisotopic (exact) mass is 235 g/mol. The molecule has 1 saturated heterocycles. The topological polar surface area (TPSA) is 56.2 Å². The number of nitrogens with one attached hydrogen (secondary N) is 1. The van der Waals surface area contributed by atoms with Crippen LogP contribution in [-0.4, -0.2) is 28.3 Å². The molecule has 0 bridgehead atoms. The Hall–Kier alpha value is -1.52. The van der Waals surface area contributed by atoms with Crippen molar-refractivity contribution in [2.75, 3.05) is 6.54 Å². The quantitative estimate of drug-likeness (QED) is 0.837. The number of hydrogen-bond acceptors (Lipinski definition) is 3. The molecule has 3 rings (SSSR count). The van der Waals surface area contributed by atoms with E-state index in [9.17, 15) is 4.79 Å². The number of aromatic nitrogens is 2. The minimum atomic E-state index is -0.304. The Morgan fingerprint density at radius 2 is 2.29 bits per heavy atom. The summed E-state index contributed by atoms with van der Waals surface area (Å²) < 4.78 is 7.40. The van der Waals surface area contributed by atoms with Crippen LogP contribution in [0.5, 0.6) is 0 Å². The standard InChI is InChI=1S/C12H17N3O2/c1-8-14-10-4-2-3-5-11(10)15(8)7-9-6-13-12(16)17-9/h9H,2-7H2,1H3,(H,13,16). The number of ether oxygens (including phenoxy) is 1. The first kappa shape index (κ1) is 10.6. The Kier molecular flexibility index (Phi) is 2.53. The van der Waals surface area contributed by atoms with Gasteiger partial charge in [-0.3, -0.25) is 0 Å². The molecule has 2 heterocycles. The fourth-order valence-electron chi connectivity index (χ4n) is 2.72. The summed E-state index contributed by atoms with van der Waals surface area (Å²) in [5.41, 5.74) is 2.59. The molecule has 1 aliphatic heterocycles. The highest BCUT2D eigenvalue weighted by Crippen LogP contribution is 2.22. The van der Waals surface area contributed by atoms with Gasteiger partial charge in [-0.25, -0.2) is 9.78 Å². The minimum absolute atomic E-state index is 0.0542. The van der Waals surface area contributed by atoms with Crippen LogP contribution in [0.1, 0.15) is 30.1 Å². The molecular formula is C12H17N3O2. The zero-order valence-corrected chi connectivity index (χ0v) is 10.0. The Bertz CT molecular complexity index is 453. The number of imidazole rings is 1. The van der Waals surface area contributed by atoms with Crippen LogP contribution < -0.4 is 5.32 Å². The number of amides is 1. The molecule has 5 nitrogen and oxygen atoms in total. The number of carbonyl (C=O) groups excluding carboxylic acids is 1. The molecule has 92 valence electrons. The predicted molar refractivity (Wildman–Crippen MR) is 61.9 cm³/mol. The van der Waals surface area contributed by atoms with Crippen molar-refractivity contribution in [3.05, 3.63) is 17.2 Å².